The van der Waals surface area contributed by atoms with Gasteiger partial charge in [-0.2, -0.15) is 0 Å². The maximum Gasteiger partial charge on any atom is 0.0890 e. The van der Waals surface area contributed by atoms with Crippen molar-refractivity contribution in [3.63, 3.8) is 0 Å². The molecule has 0 heterocycles. The lowest BCUT2D eigenvalue weighted by Crippen LogP contribution is -2.57. The topological polar surface area (TPSA) is 0 Å². The third-order valence-corrected chi connectivity index (χ3v) is 9.66. The van der Waals surface area contributed by atoms with Crippen molar-refractivity contribution in [2.75, 3.05) is 19.6 Å². The molecule has 3 aromatic carbocycles. The maximum atomic E-state index is 2.41. The van der Waals surface area contributed by atoms with Crippen LogP contribution in [0.2, 0.25) is 0 Å². The van der Waals surface area contributed by atoms with Crippen molar-refractivity contribution in [1.29, 1.82) is 0 Å². The molecule has 0 fully saturated rings. The minimum atomic E-state index is -0.115. The Morgan fingerprint density at radius 1 is 0.463 bits per heavy atom. The van der Waals surface area contributed by atoms with Gasteiger partial charge in [0.2, 0.25) is 0 Å². The number of benzene rings is 3. The Kier molecular flexibility index (Phi) is 14.7. The highest BCUT2D eigenvalue weighted by Crippen LogP contribution is 2.43. The van der Waals surface area contributed by atoms with Gasteiger partial charge in [-0.1, -0.05) is 157 Å². The van der Waals surface area contributed by atoms with Gasteiger partial charge >= 0.3 is 0 Å². The third kappa shape index (κ3) is 9.05. The Hall–Kier alpha value is -2.38. The fourth-order valence-electron chi connectivity index (χ4n) is 7.38. The normalized spacial score (nSPS) is 12.9. The summed E-state index contributed by atoms with van der Waals surface area (Å²) < 4.78 is 1.39. The van der Waals surface area contributed by atoms with E-state index in [0.29, 0.717) is 0 Å². The van der Waals surface area contributed by atoms with Crippen LogP contribution in [-0.2, 0) is 5.41 Å². The van der Waals surface area contributed by atoms with Crippen LogP contribution in [0.1, 0.15) is 128 Å². The summed E-state index contributed by atoms with van der Waals surface area (Å²) in [6, 6.07) is 34.6. The molecule has 0 aliphatic carbocycles. The van der Waals surface area contributed by atoms with Gasteiger partial charge in [-0.15, -0.1) is 0 Å². The van der Waals surface area contributed by atoms with Crippen LogP contribution in [0.5, 0.6) is 0 Å². The zero-order valence-electron chi connectivity index (χ0n) is 27.0. The molecule has 0 bridgehead atoms. The Bertz CT molecular complexity index is 924. The van der Waals surface area contributed by atoms with E-state index < -0.39 is 0 Å². The number of nitrogens with zero attached hydrogens (tertiary/aromatic N) is 1. The van der Waals surface area contributed by atoms with Gasteiger partial charge in [0.05, 0.1) is 25.7 Å². The fourth-order valence-corrected chi connectivity index (χ4v) is 7.38. The lowest BCUT2D eigenvalue weighted by Gasteiger charge is -2.46. The summed E-state index contributed by atoms with van der Waals surface area (Å²) in [6.07, 6.45) is 17.2. The summed E-state index contributed by atoms with van der Waals surface area (Å²) in [6.45, 7) is 13.7. The lowest BCUT2D eigenvalue weighted by atomic mass is 9.66. The number of hydrogen-bond donors (Lipinski definition) is 0. The first-order valence-electron chi connectivity index (χ1n) is 17.2. The van der Waals surface area contributed by atoms with E-state index in [2.05, 4.69) is 119 Å². The quantitative estimate of drug-likeness (QED) is 0.0698. The van der Waals surface area contributed by atoms with E-state index in [-0.39, 0.29) is 5.41 Å². The molecule has 3 rings (SSSR count). The lowest BCUT2D eigenvalue weighted by molar-refractivity contribution is -0.952. The van der Waals surface area contributed by atoms with Crippen LogP contribution >= 0.6 is 0 Å². The Morgan fingerprint density at radius 3 is 1.24 bits per heavy atom. The average Bonchev–Trinajstić information content (AvgIpc) is 3.03. The van der Waals surface area contributed by atoms with Gasteiger partial charge in [0.25, 0.3) is 0 Å². The highest BCUT2D eigenvalue weighted by Gasteiger charge is 2.37. The molecule has 0 N–H and O–H groups in total. The smallest absolute Gasteiger partial charge is 0.0890 e. The van der Waals surface area contributed by atoms with Crippen LogP contribution < -0.4 is 0 Å². The summed E-state index contributed by atoms with van der Waals surface area (Å²) in [4.78, 5) is 0. The van der Waals surface area contributed by atoms with Crippen molar-refractivity contribution < 1.29 is 4.48 Å². The molecule has 0 spiro atoms. The Labute approximate surface area is 254 Å². The standard InChI is InChI=1S/C40H60N/c1-5-9-33-41(34-10-6-2,35-11-7-3)39(24-8-4)31-22-15-23-32-40(36-25-16-12-17-26-36,37-27-18-13-19-28-37)38-29-20-14-21-30-38/h12-14,16-21,25-30,39H,5-11,15,22-24,31-35H2,1-4H3/q+1. The van der Waals surface area contributed by atoms with Gasteiger partial charge in [-0.3, -0.25) is 0 Å². The summed E-state index contributed by atoms with van der Waals surface area (Å²) in [5.74, 6) is 0. The van der Waals surface area contributed by atoms with Crippen molar-refractivity contribution in [3.05, 3.63) is 108 Å². The van der Waals surface area contributed by atoms with Crippen LogP contribution in [0.25, 0.3) is 0 Å². The predicted octanol–water partition coefficient (Wildman–Crippen LogP) is 11.4. The monoisotopic (exact) mass is 554 g/mol. The van der Waals surface area contributed by atoms with Gasteiger partial charge in [0.1, 0.15) is 0 Å². The molecule has 224 valence electrons. The summed E-state index contributed by atoms with van der Waals surface area (Å²) in [5, 5.41) is 0. The minimum Gasteiger partial charge on any atom is -0.321 e. The van der Waals surface area contributed by atoms with Crippen LogP contribution in [0.4, 0.5) is 0 Å². The zero-order chi connectivity index (χ0) is 29.2. The second-order valence-corrected chi connectivity index (χ2v) is 12.5. The first kappa shape index (κ1) is 33.1. The molecule has 1 nitrogen and oxygen atoms in total. The van der Waals surface area contributed by atoms with Crippen molar-refractivity contribution >= 4 is 0 Å². The van der Waals surface area contributed by atoms with E-state index in [1.807, 2.05) is 0 Å². The van der Waals surface area contributed by atoms with E-state index in [1.165, 1.54) is 118 Å². The van der Waals surface area contributed by atoms with Gasteiger partial charge < -0.3 is 4.48 Å². The Morgan fingerprint density at radius 2 is 0.878 bits per heavy atom. The van der Waals surface area contributed by atoms with Crippen LogP contribution in [0.15, 0.2) is 91.0 Å². The zero-order valence-corrected chi connectivity index (χ0v) is 27.0. The molecule has 0 radical (unpaired) electrons. The minimum absolute atomic E-state index is 0.115. The van der Waals surface area contributed by atoms with E-state index in [4.69, 9.17) is 0 Å². The van der Waals surface area contributed by atoms with Crippen LogP contribution in [0.3, 0.4) is 0 Å². The van der Waals surface area contributed by atoms with E-state index in [9.17, 15) is 0 Å². The van der Waals surface area contributed by atoms with Crippen LogP contribution in [0, 0.1) is 0 Å². The molecule has 0 aromatic heterocycles. The molecule has 0 aliphatic rings. The highest BCUT2D eigenvalue weighted by atomic mass is 15.4. The van der Waals surface area contributed by atoms with Crippen molar-refractivity contribution in [1.82, 2.24) is 0 Å². The third-order valence-electron chi connectivity index (χ3n) is 9.66. The summed E-state index contributed by atoms with van der Waals surface area (Å²) in [5.41, 5.74) is 4.12. The molecule has 0 amide bonds. The molecular formula is C40H60N+. The molecule has 1 heteroatoms. The van der Waals surface area contributed by atoms with Gasteiger partial charge in [0.15, 0.2) is 0 Å². The number of hydrogen-bond acceptors (Lipinski definition) is 0. The second kappa shape index (κ2) is 18.2. The second-order valence-electron chi connectivity index (χ2n) is 12.5. The molecule has 1 atom stereocenters. The number of quaternary nitrogens is 1. The molecular weight excluding hydrogens is 494 g/mol. The number of unbranched alkanes of at least 4 members (excludes halogenated alkanes) is 5. The first-order chi connectivity index (χ1) is 20.2. The molecule has 1 unspecified atom stereocenters. The summed E-state index contributed by atoms with van der Waals surface area (Å²) >= 11 is 0. The Balaban J connectivity index is 1.81. The average molecular weight is 555 g/mol. The molecule has 0 saturated heterocycles. The fraction of sp³-hybridized carbons (Fsp3) is 0.550. The molecule has 0 aliphatic heterocycles. The summed E-state index contributed by atoms with van der Waals surface area (Å²) in [7, 11) is 0. The van der Waals surface area contributed by atoms with E-state index >= 15 is 0 Å². The maximum absolute atomic E-state index is 2.41. The van der Waals surface area contributed by atoms with Crippen molar-refractivity contribution in [3.8, 4) is 0 Å². The van der Waals surface area contributed by atoms with Gasteiger partial charge in [-0.05, 0) is 61.6 Å². The highest BCUT2D eigenvalue weighted by molar-refractivity contribution is 5.50. The number of rotatable bonds is 21. The molecule has 41 heavy (non-hydrogen) atoms. The molecule has 3 aromatic rings. The predicted molar refractivity (Wildman–Crippen MR) is 181 cm³/mol. The van der Waals surface area contributed by atoms with Crippen molar-refractivity contribution in [2.24, 2.45) is 0 Å². The first-order valence-corrected chi connectivity index (χ1v) is 17.2. The van der Waals surface area contributed by atoms with Gasteiger partial charge in [-0.25, -0.2) is 0 Å². The van der Waals surface area contributed by atoms with Gasteiger partial charge in [0, 0.05) is 5.41 Å². The SMILES string of the molecule is CCCC[N+](CCCC)(CCCC)C(CCC)CCCCCC(c1ccccc1)(c1ccccc1)c1ccccc1. The van der Waals surface area contributed by atoms with E-state index in [0.717, 1.165) is 12.5 Å². The van der Waals surface area contributed by atoms with Crippen molar-refractivity contribution in [2.45, 2.75) is 123 Å². The molecule has 0 saturated carbocycles. The van der Waals surface area contributed by atoms with E-state index in [1.54, 1.807) is 0 Å². The van der Waals surface area contributed by atoms with Crippen LogP contribution in [-0.4, -0.2) is 30.2 Å². The largest absolute Gasteiger partial charge is 0.321 e.